The van der Waals surface area contributed by atoms with E-state index in [9.17, 15) is 13.7 Å². The molecule has 0 saturated carbocycles. The van der Waals surface area contributed by atoms with Crippen LogP contribution in [0.25, 0.3) is 16.9 Å². The Kier molecular flexibility index (Phi) is 4.78. The third-order valence-corrected chi connectivity index (χ3v) is 5.02. The Hall–Kier alpha value is -3.11. The highest BCUT2D eigenvalue weighted by Crippen LogP contribution is 2.26. The average Bonchev–Trinajstić information content (AvgIpc) is 3.06. The van der Waals surface area contributed by atoms with E-state index in [1.54, 1.807) is 35.0 Å². The molecule has 0 unspecified atom stereocenters. The van der Waals surface area contributed by atoms with E-state index in [4.69, 9.17) is 0 Å². The van der Waals surface area contributed by atoms with Crippen LogP contribution in [0.5, 0.6) is 0 Å². The summed E-state index contributed by atoms with van der Waals surface area (Å²) in [5.41, 5.74) is 3.61. The Morgan fingerprint density at radius 1 is 1.12 bits per heavy atom. The van der Waals surface area contributed by atoms with E-state index in [2.05, 4.69) is 16.5 Å². The number of benzene rings is 2. The van der Waals surface area contributed by atoms with Gasteiger partial charge in [-0.25, -0.2) is 13.1 Å². The predicted molar refractivity (Wildman–Crippen MR) is 101 cm³/mol. The zero-order valence-electron chi connectivity index (χ0n) is 14.5. The molecule has 26 heavy (non-hydrogen) atoms. The number of hydrogen-bond donors (Lipinski definition) is 1. The Morgan fingerprint density at radius 2 is 1.77 bits per heavy atom. The summed E-state index contributed by atoms with van der Waals surface area (Å²) in [6, 6.07) is 18.0. The average molecular weight is 366 g/mol. The van der Waals surface area contributed by atoms with Crippen LogP contribution >= 0.6 is 0 Å². The first kappa shape index (κ1) is 17.7. The van der Waals surface area contributed by atoms with Crippen LogP contribution in [0, 0.1) is 11.3 Å². The van der Waals surface area contributed by atoms with Crippen molar-refractivity contribution >= 4 is 15.5 Å². The van der Waals surface area contributed by atoms with Gasteiger partial charge < -0.3 is 5.32 Å². The molecule has 3 rings (SSSR count). The quantitative estimate of drug-likeness (QED) is 0.749. The summed E-state index contributed by atoms with van der Waals surface area (Å²) >= 11 is 0. The number of aromatic nitrogens is 2. The van der Waals surface area contributed by atoms with E-state index in [0.717, 1.165) is 29.2 Å². The van der Waals surface area contributed by atoms with Gasteiger partial charge in [0.2, 0.25) is 0 Å². The van der Waals surface area contributed by atoms with Gasteiger partial charge in [-0.05, 0) is 43.3 Å². The number of nitriles is 1. The smallest absolute Gasteiger partial charge is 0.175 e. The second kappa shape index (κ2) is 7.02. The molecule has 132 valence electrons. The summed E-state index contributed by atoms with van der Waals surface area (Å²) < 4.78 is 25.0. The van der Waals surface area contributed by atoms with Crippen molar-refractivity contribution in [3.05, 3.63) is 60.3 Å². The van der Waals surface area contributed by atoms with Crippen molar-refractivity contribution in [2.24, 2.45) is 0 Å². The van der Waals surface area contributed by atoms with Gasteiger partial charge in [0.05, 0.1) is 16.3 Å². The van der Waals surface area contributed by atoms with Crippen LogP contribution < -0.4 is 5.32 Å². The summed E-state index contributed by atoms with van der Waals surface area (Å²) in [7, 11) is -3.26. The van der Waals surface area contributed by atoms with Gasteiger partial charge >= 0.3 is 0 Å². The van der Waals surface area contributed by atoms with Gasteiger partial charge in [-0.3, -0.25) is 0 Å². The van der Waals surface area contributed by atoms with Crippen molar-refractivity contribution in [1.29, 1.82) is 5.26 Å². The SMILES string of the molecule is CCNc1ccc(-n2nc(C#N)cc2-c2ccc(S(C)(=O)=O)cc2)cc1. The Labute approximate surface area is 152 Å². The minimum atomic E-state index is -3.26. The van der Waals surface area contributed by atoms with E-state index in [-0.39, 0.29) is 4.90 Å². The fraction of sp³-hybridized carbons (Fsp3) is 0.158. The van der Waals surface area contributed by atoms with Crippen molar-refractivity contribution in [2.75, 3.05) is 18.1 Å². The first-order chi connectivity index (χ1) is 12.4. The van der Waals surface area contributed by atoms with Crippen LogP contribution in [0.2, 0.25) is 0 Å². The van der Waals surface area contributed by atoms with Gasteiger partial charge in [0.15, 0.2) is 15.5 Å². The first-order valence-electron chi connectivity index (χ1n) is 8.07. The lowest BCUT2D eigenvalue weighted by molar-refractivity contribution is 0.602. The monoisotopic (exact) mass is 366 g/mol. The molecule has 0 atom stereocenters. The van der Waals surface area contributed by atoms with Crippen LogP contribution in [0.4, 0.5) is 5.69 Å². The minimum Gasteiger partial charge on any atom is -0.385 e. The third-order valence-electron chi connectivity index (χ3n) is 3.89. The summed E-state index contributed by atoms with van der Waals surface area (Å²) in [6.45, 7) is 2.86. The molecule has 0 aliphatic heterocycles. The lowest BCUT2D eigenvalue weighted by atomic mass is 10.1. The van der Waals surface area contributed by atoms with Crippen molar-refractivity contribution in [3.8, 4) is 23.0 Å². The molecular formula is C19H18N4O2S. The fourth-order valence-corrected chi connectivity index (χ4v) is 3.27. The third kappa shape index (κ3) is 3.60. The molecular weight excluding hydrogens is 348 g/mol. The molecule has 0 spiro atoms. The first-order valence-corrected chi connectivity index (χ1v) is 9.96. The molecule has 6 nitrogen and oxygen atoms in total. The standard InChI is InChI=1S/C19H18N4O2S/c1-3-21-15-6-8-17(9-7-15)23-19(12-16(13-20)22-23)14-4-10-18(11-5-14)26(2,24)25/h4-12,21H,3H2,1-2H3. The maximum atomic E-state index is 11.6. The molecule has 2 aromatic carbocycles. The minimum absolute atomic E-state index is 0.253. The lowest BCUT2D eigenvalue weighted by Crippen LogP contribution is -2.01. The number of anilines is 1. The second-order valence-electron chi connectivity index (χ2n) is 5.81. The molecule has 1 aromatic heterocycles. The van der Waals surface area contributed by atoms with E-state index in [0.29, 0.717) is 5.69 Å². The van der Waals surface area contributed by atoms with Gasteiger partial charge in [0, 0.05) is 30.1 Å². The number of hydrogen-bond acceptors (Lipinski definition) is 5. The van der Waals surface area contributed by atoms with Gasteiger partial charge in [-0.15, -0.1) is 0 Å². The van der Waals surface area contributed by atoms with Crippen LogP contribution in [0.15, 0.2) is 59.5 Å². The number of sulfone groups is 1. The molecule has 0 saturated heterocycles. The maximum absolute atomic E-state index is 11.6. The summed E-state index contributed by atoms with van der Waals surface area (Å²) in [5, 5.41) is 16.8. The van der Waals surface area contributed by atoms with E-state index in [1.807, 2.05) is 31.2 Å². The molecule has 0 fully saturated rings. The fourth-order valence-electron chi connectivity index (χ4n) is 2.64. The van der Waals surface area contributed by atoms with Gasteiger partial charge in [0.1, 0.15) is 6.07 Å². The topological polar surface area (TPSA) is 87.8 Å². The largest absolute Gasteiger partial charge is 0.385 e. The maximum Gasteiger partial charge on any atom is 0.175 e. The van der Waals surface area contributed by atoms with E-state index in [1.165, 1.54) is 6.26 Å². The number of rotatable bonds is 5. The molecule has 0 bridgehead atoms. The molecule has 0 radical (unpaired) electrons. The van der Waals surface area contributed by atoms with Gasteiger partial charge in [-0.2, -0.15) is 10.4 Å². The van der Waals surface area contributed by atoms with Crippen LogP contribution in [0.3, 0.4) is 0 Å². The van der Waals surface area contributed by atoms with Gasteiger partial charge in [0.25, 0.3) is 0 Å². The van der Waals surface area contributed by atoms with Crippen LogP contribution in [-0.2, 0) is 9.84 Å². The Bertz CT molecular complexity index is 1060. The van der Waals surface area contributed by atoms with Crippen LogP contribution in [-0.4, -0.2) is 31.0 Å². The second-order valence-corrected chi connectivity index (χ2v) is 7.83. The molecule has 0 amide bonds. The molecule has 3 aromatic rings. The summed E-state index contributed by atoms with van der Waals surface area (Å²) in [6.07, 6.45) is 1.17. The molecule has 7 heteroatoms. The molecule has 0 aliphatic rings. The normalized spacial score (nSPS) is 11.1. The summed E-state index contributed by atoms with van der Waals surface area (Å²) in [4.78, 5) is 0.253. The highest BCUT2D eigenvalue weighted by Gasteiger charge is 2.13. The van der Waals surface area contributed by atoms with Gasteiger partial charge in [-0.1, -0.05) is 12.1 Å². The van der Waals surface area contributed by atoms with Crippen molar-refractivity contribution in [1.82, 2.24) is 9.78 Å². The highest BCUT2D eigenvalue weighted by atomic mass is 32.2. The number of nitrogens with zero attached hydrogens (tertiary/aromatic N) is 3. The highest BCUT2D eigenvalue weighted by molar-refractivity contribution is 7.90. The van der Waals surface area contributed by atoms with Crippen LogP contribution in [0.1, 0.15) is 12.6 Å². The molecule has 0 aliphatic carbocycles. The predicted octanol–water partition coefficient (Wildman–Crippen LogP) is 3.25. The Morgan fingerprint density at radius 3 is 2.31 bits per heavy atom. The zero-order valence-corrected chi connectivity index (χ0v) is 15.3. The lowest BCUT2D eigenvalue weighted by Gasteiger charge is -2.09. The van der Waals surface area contributed by atoms with E-state index >= 15 is 0 Å². The zero-order chi connectivity index (χ0) is 18.7. The Balaban J connectivity index is 2.05. The van der Waals surface area contributed by atoms with E-state index < -0.39 is 9.84 Å². The van der Waals surface area contributed by atoms with Crippen molar-refractivity contribution < 1.29 is 8.42 Å². The van der Waals surface area contributed by atoms with Crippen molar-refractivity contribution in [2.45, 2.75) is 11.8 Å². The molecule has 1 N–H and O–H groups in total. The summed E-state index contributed by atoms with van der Waals surface area (Å²) in [5.74, 6) is 0. The van der Waals surface area contributed by atoms with Crippen molar-refractivity contribution in [3.63, 3.8) is 0 Å². The number of nitrogens with one attached hydrogen (secondary N) is 1. The molecule has 1 heterocycles.